The van der Waals surface area contributed by atoms with Crippen LogP contribution in [0, 0.1) is 0 Å². The molecule has 2 aliphatic rings. The van der Waals surface area contributed by atoms with Gasteiger partial charge in [-0.2, -0.15) is 11.8 Å². The van der Waals surface area contributed by atoms with Crippen molar-refractivity contribution in [2.45, 2.75) is 12.5 Å². The largest absolute Gasteiger partial charge is 0.379 e. The lowest BCUT2D eigenvalue weighted by Crippen LogP contribution is -2.50. The highest BCUT2D eigenvalue weighted by Crippen LogP contribution is 2.25. The van der Waals surface area contributed by atoms with E-state index in [0.29, 0.717) is 15.6 Å². The summed E-state index contributed by atoms with van der Waals surface area (Å²) in [6, 6.07) is 5.30. The smallest absolute Gasteiger partial charge is 0.255 e. The number of rotatable bonds is 3. The first-order chi connectivity index (χ1) is 11.6. The second-order valence-corrected chi connectivity index (χ2v) is 8.11. The number of morpholine rings is 1. The molecule has 0 aliphatic carbocycles. The molecule has 132 valence electrons. The van der Waals surface area contributed by atoms with E-state index >= 15 is 0 Å². The van der Waals surface area contributed by atoms with E-state index in [0.717, 1.165) is 57.3 Å². The highest BCUT2D eigenvalue weighted by Gasteiger charge is 2.29. The Morgan fingerprint density at radius 3 is 2.79 bits per heavy atom. The quantitative estimate of drug-likeness (QED) is 0.795. The van der Waals surface area contributed by atoms with Crippen molar-refractivity contribution in [2.75, 3.05) is 50.9 Å². The summed E-state index contributed by atoms with van der Waals surface area (Å²) in [5, 5.41) is 0.974. The summed E-state index contributed by atoms with van der Waals surface area (Å²) in [6.07, 6.45) is 1.02. The Hall–Kier alpha value is -0.460. The molecule has 1 atom stereocenters. The molecule has 2 saturated heterocycles. The van der Waals surface area contributed by atoms with Gasteiger partial charge < -0.3 is 9.64 Å². The first kappa shape index (κ1) is 18.3. The Morgan fingerprint density at radius 2 is 2.04 bits per heavy atom. The maximum absolute atomic E-state index is 13.1. The molecule has 1 aromatic rings. The normalized spacial score (nSPS) is 23.1. The van der Waals surface area contributed by atoms with Crippen LogP contribution >= 0.6 is 35.0 Å². The van der Waals surface area contributed by atoms with Crippen LogP contribution in [0.25, 0.3) is 0 Å². The molecule has 3 rings (SSSR count). The van der Waals surface area contributed by atoms with Crippen LogP contribution in [0.4, 0.5) is 0 Å². The summed E-state index contributed by atoms with van der Waals surface area (Å²) in [5.41, 5.74) is 0.542. The average Bonchev–Trinajstić information content (AvgIpc) is 2.81. The van der Waals surface area contributed by atoms with E-state index < -0.39 is 0 Å². The zero-order valence-electron chi connectivity index (χ0n) is 13.5. The van der Waals surface area contributed by atoms with E-state index in [4.69, 9.17) is 27.9 Å². The highest BCUT2D eigenvalue weighted by molar-refractivity contribution is 7.99. The van der Waals surface area contributed by atoms with E-state index in [2.05, 4.69) is 4.90 Å². The van der Waals surface area contributed by atoms with Crippen LogP contribution in [0.1, 0.15) is 16.8 Å². The van der Waals surface area contributed by atoms with Crippen LogP contribution in [-0.4, -0.2) is 72.6 Å². The van der Waals surface area contributed by atoms with Crippen molar-refractivity contribution in [3.8, 4) is 0 Å². The number of halogens is 2. The third kappa shape index (κ3) is 4.58. The van der Waals surface area contributed by atoms with E-state index in [1.807, 2.05) is 16.7 Å². The van der Waals surface area contributed by atoms with E-state index in [-0.39, 0.29) is 11.9 Å². The zero-order valence-corrected chi connectivity index (χ0v) is 15.9. The first-order valence-electron chi connectivity index (χ1n) is 8.29. The van der Waals surface area contributed by atoms with Gasteiger partial charge in [-0.25, -0.2) is 0 Å². The van der Waals surface area contributed by atoms with Crippen LogP contribution < -0.4 is 0 Å². The van der Waals surface area contributed by atoms with Gasteiger partial charge in [0.2, 0.25) is 0 Å². The maximum atomic E-state index is 13.1. The van der Waals surface area contributed by atoms with E-state index in [1.165, 1.54) is 0 Å². The molecule has 0 aromatic heterocycles. The van der Waals surface area contributed by atoms with Crippen molar-refractivity contribution in [1.82, 2.24) is 9.80 Å². The molecule has 1 aromatic carbocycles. The fourth-order valence-corrected chi connectivity index (χ4v) is 4.69. The van der Waals surface area contributed by atoms with Crippen molar-refractivity contribution < 1.29 is 9.53 Å². The number of hydrogen-bond donors (Lipinski definition) is 0. The number of carbonyl (C=O) groups excluding carboxylic acids is 1. The van der Waals surface area contributed by atoms with Crippen molar-refractivity contribution in [1.29, 1.82) is 0 Å². The van der Waals surface area contributed by atoms with Crippen molar-refractivity contribution in [2.24, 2.45) is 0 Å². The van der Waals surface area contributed by atoms with Gasteiger partial charge in [0, 0.05) is 37.0 Å². The number of hydrogen-bond acceptors (Lipinski definition) is 4. The summed E-state index contributed by atoms with van der Waals surface area (Å²) in [5.74, 6) is 2.07. The third-order valence-electron chi connectivity index (χ3n) is 4.43. The predicted molar refractivity (Wildman–Crippen MR) is 100 cm³/mol. The number of thioether (sulfide) groups is 1. The molecule has 2 aliphatic heterocycles. The molecule has 1 amide bonds. The SMILES string of the molecule is O=C(c1ccc(Cl)cc1Cl)N1CCCSCC1CN1CCOCC1. The molecule has 4 nitrogen and oxygen atoms in total. The van der Waals surface area contributed by atoms with Crippen molar-refractivity contribution >= 4 is 40.9 Å². The molecule has 2 fully saturated rings. The maximum Gasteiger partial charge on any atom is 0.255 e. The third-order valence-corrected chi connectivity index (χ3v) is 6.18. The molecule has 1 unspecified atom stereocenters. The number of nitrogens with zero attached hydrogens (tertiary/aromatic N) is 2. The number of carbonyl (C=O) groups is 1. The highest BCUT2D eigenvalue weighted by atomic mass is 35.5. The molecule has 24 heavy (non-hydrogen) atoms. The average molecular weight is 389 g/mol. The summed E-state index contributed by atoms with van der Waals surface area (Å²) in [6.45, 7) is 5.09. The molecule has 0 spiro atoms. The van der Waals surface area contributed by atoms with Crippen molar-refractivity contribution in [3.63, 3.8) is 0 Å². The molecule has 0 bridgehead atoms. The van der Waals surface area contributed by atoms with Crippen LogP contribution in [0.15, 0.2) is 18.2 Å². The van der Waals surface area contributed by atoms with Gasteiger partial charge in [0.15, 0.2) is 0 Å². The number of ether oxygens (including phenoxy) is 1. The van der Waals surface area contributed by atoms with Gasteiger partial charge in [0.25, 0.3) is 5.91 Å². The van der Waals surface area contributed by atoms with Gasteiger partial charge in [-0.3, -0.25) is 9.69 Å². The minimum Gasteiger partial charge on any atom is -0.379 e. The van der Waals surface area contributed by atoms with Gasteiger partial charge >= 0.3 is 0 Å². The van der Waals surface area contributed by atoms with E-state index in [1.54, 1.807) is 18.2 Å². The van der Waals surface area contributed by atoms with Crippen LogP contribution in [-0.2, 0) is 4.74 Å². The molecule has 2 heterocycles. The van der Waals surface area contributed by atoms with Gasteiger partial charge in [-0.05, 0) is 30.4 Å². The van der Waals surface area contributed by atoms with Gasteiger partial charge in [0.1, 0.15) is 0 Å². The molecule has 7 heteroatoms. The Kier molecular flexibility index (Phi) is 6.70. The topological polar surface area (TPSA) is 32.8 Å². The fraction of sp³-hybridized carbons (Fsp3) is 0.588. The summed E-state index contributed by atoms with van der Waals surface area (Å²) < 4.78 is 5.43. The summed E-state index contributed by atoms with van der Waals surface area (Å²) >= 11 is 14.1. The molecule has 0 radical (unpaired) electrons. The van der Waals surface area contributed by atoms with Crippen LogP contribution in [0.3, 0.4) is 0 Å². The molecule has 0 N–H and O–H groups in total. The standard InChI is InChI=1S/C17H22Cl2N2O2S/c18-13-2-3-15(16(19)10-13)17(22)21-4-1-9-24-12-14(21)11-20-5-7-23-8-6-20/h2-3,10,14H,1,4-9,11-12H2. The molecular weight excluding hydrogens is 367 g/mol. The Bertz CT molecular complexity index is 582. The van der Waals surface area contributed by atoms with E-state index in [9.17, 15) is 4.79 Å². The second-order valence-electron chi connectivity index (χ2n) is 6.12. The van der Waals surface area contributed by atoms with Gasteiger partial charge in [-0.15, -0.1) is 0 Å². The zero-order chi connectivity index (χ0) is 16.9. The minimum absolute atomic E-state index is 0.0115. The lowest BCUT2D eigenvalue weighted by Gasteiger charge is -2.35. The number of amides is 1. The molecular formula is C17H22Cl2N2O2S. The second kappa shape index (κ2) is 8.77. The lowest BCUT2D eigenvalue weighted by atomic mass is 10.1. The predicted octanol–water partition coefficient (Wildman–Crippen LogP) is 3.27. The number of benzene rings is 1. The van der Waals surface area contributed by atoms with Gasteiger partial charge in [0.05, 0.1) is 29.8 Å². The Balaban J connectivity index is 1.76. The lowest BCUT2D eigenvalue weighted by molar-refractivity contribution is 0.0245. The van der Waals surface area contributed by atoms with Gasteiger partial charge in [-0.1, -0.05) is 23.2 Å². The Morgan fingerprint density at radius 1 is 1.25 bits per heavy atom. The first-order valence-corrected chi connectivity index (χ1v) is 10.2. The molecule has 0 saturated carbocycles. The Labute approximate surface area is 157 Å². The minimum atomic E-state index is 0.0115. The summed E-state index contributed by atoms with van der Waals surface area (Å²) in [7, 11) is 0. The van der Waals surface area contributed by atoms with Crippen molar-refractivity contribution in [3.05, 3.63) is 33.8 Å². The fourth-order valence-electron chi connectivity index (χ4n) is 3.15. The van der Waals surface area contributed by atoms with Crippen LogP contribution in [0.2, 0.25) is 10.0 Å². The summed E-state index contributed by atoms with van der Waals surface area (Å²) in [4.78, 5) is 17.5. The monoisotopic (exact) mass is 388 g/mol. The van der Waals surface area contributed by atoms with Crippen LogP contribution in [0.5, 0.6) is 0 Å².